The summed E-state index contributed by atoms with van der Waals surface area (Å²) < 4.78 is 7.04. The number of carbonyl (C=O) groups excluding carboxylic acids is 1. The summed E-state index contributed by atoms with van der Waals surface area (Å²) in [5, 5.41) is 4.31. The molecule has 0 amide bonds. The van der Waals surface area contributed by atoms with Gasteiger partial charge >= 0.3 is 0 Å². The second-order valence-electron chi connectivity index (χ2n) is 4.09. The molecule has 1 fully saturated rings. The molecule has 1 saturated heterocycles. The predicted octanol–water partition coefficient (Wildman–Crippen LogP) is 1.20. The number of aromatic nitrogens is 2. The molecule has 1 aromatic rings. The third kappa shape index (κ3) is 2.45. The summed E-state index contributed by atoms with van der Waals surface area (Å²) in [6, 6.07) is 1.86. The molecule has 1 atom stereocenters. The zero-order chi connectivity index (χ0) is 10.7. The molecule has 0 N–H and O–H groups in total. The molecule has 2 heterocycles. The molecule has 0 aliphatic carbocycles. The van der Waals surface area contributed by atoms with Gasteiger partial charge in [-0.3, -0.25) is 9.48 Å². The van der Waals surface area contributed by atoms with E-state index in [4.69, 9.17) is 4.74 Å². The SMILES string of the molecule is Cn1nc(CC2CCCOC2)cc1C=O. The maximum absolute atomic E-state index is 10.6. The molecule has 15 heavy (non-hydrogen) atoms. The Morgan fingerprint density at radius 1 is 1.73 bits per heavy atom. The monoisotopic (exact) mass is 208 g/mol. The number of rotatable bonds is 3. The summed E-state index contributed by atoms with van der Waals surface area (Å²) in [6.45, 7) is 1.71. The summed E-state index contributed by atoms with van der Waals surface area (Å²) in [5.41, 5.74) is 1.64. The number of aldehydes is 1. The van der Waals surface area contributed by atoms with Crippen LogP contribution in [0.5, 0.6) is 0 Å². The van der Waals surface area contributed by atoms with Crippen molar-refractivity contribution in [2.24, 2.45) is 13.0 Å². The van der Waals surface area contributed by atoms with Crippen LogP contribution in [0.2, 0.25) is 0 Å². The largest absolute Gasteiger partial charge is 0.381 e. The van der Waals surface area contributed by atoms with Gasteiger partial charge < -0.3 is 4.74 Å². The van der Waals surface area contributed by atoms with E-state index in [9.17, 15) is 4.79 Å². The molecule has 4 nitrogen and oxygen atoms in total. The maximum Gasteiger partial charge on any atom is 0.168 e. The quantitative estimate of drug-likeness (QED) is 0.701. The second-order valence-corrected chi connectivity index (χ2v) is 4.09. The minimum absolute atomic E-state index is 0.563. The summed E-state index contributed by atoms with van der Waals surface area (Å²) >= 11 is 0. The van der Waals surface area contributed by atoms with E-state index in [-0.39, 0.29) is 0 Å². The third-order valence-electron chi connectivity index (χ3n) is 2.84. The van der Waals surface area contributed by atoms with Gasteiger partial charge in [-0.25, -0.2) is 0 Å². The lowest BCUT2D eigenvalue weighted by Crippen LogP contribution is -2.19. The Hall–Kier alpha value is -1.16. The fourth-order valence-corrected chi connectivity index (χ4v) is 2.02. The number of nitrogens with zero attached hydrogens (tertiary/aromatic N) is 2. The van der Waals surface area contributed by atoms with Crippen molar-refractivity contribution in [1.29, 1.82) is 0 Å². The summed E-state index contributed by atoms with van der Waals surface area (Å²) in [5.74, 6) is 0.563. The van der Waals surface area contributed by atoms with Crippen LogP contribution in [0.4, 0.5) is 0 Å². The van der Waals surface area contributed by atoms with Gasteiger partial charge in [0.2, 0.25) is 0 Å². The molecule has 0 saturated carbocycles. The van der Waals surface area contributed by atoms with Crippen molar-refractivity contribution in [1.82, 2.24) is 9.78 Å². The second kappa shape index (κ2) is 4.57. The van der Waals surface area contributed by atoms with Gasteiger partial charge in [-0.2, -0.15) is 5.10 Å². The van der Waals surface area contributed by atoms with E-state index in [2.05, 4.69) is 5.10 Å². The Kier molecular flexibility index (Phi) is 3.16. The average molecular weight is 208 g/mol. The number of aryl methyl sites for hydroxylation is 1. The minimum Gasteiger partial charge on any atom is -0.381 e. The van der Waals surface area contributed by atoms with Crippen LogP contribution in [0.25, 0.3) is 0 Å². The van der Waals surface area contributed by atoms with Crippen LogP contribution in [-0.2, 0) is 18.2 Å². The lowest BCUT2D eigenvalue weighted by Gasteiger charge is -2.20. The fraction of sp³-hybridized carbons (Fsp3) is 0.636. The molecule has 4 heteroatoms. The van der Waals surface area contributed by atoms with E-state index in [1.807, 2.05) is 6.07 Å². The van der Waals surface area contributed by atoms with Crippen molar-refractivity contribution in [2.75, 3.05) is 13.2 Å². The van der Waals surface area contributed by atoms with Crippen molar-refractivity contribution >= 4 is 6.29 Å². The highest BCUT2D eigenvalue weighted by Gasteiger charge is 2.16. The first-order valence-electron chi connectivity index (χ1n) is 5.35. The lowest BCUT2D eigenvalue weighted by atomic mass is 9.97. The molecule has 0 spiro atoms. The smallest absolute Gasteiger partial charge is 0.168 e. The molecule has 2 rings (SSSR count). The first-order chi connectivity index (χ1) is 7.29. The van der Waals surface area contributed by atoms with Crippen molar-refractivity contribution in [3.8, 4) is 0 Å². The van der Waals surface area contributed by atoms with Gasteiger partial charge in [0.05, 0.1) is 5.69 Å². The topological polar surface area (TPSA) is 44.1 Å². The van der Waals surface area contributed by atoms with Gasteiger partial charge in [0.15, 0.2) is 6.29 Å². The van der Waals surface area contributed by atoms with E-state index in [1.165, 1.54) is 6.42 Å². The van der Waals surface area contributed by atoms with Crippen LogP contribution in [0, 0.1) is 5.92 Å². The van der Waals surface area contributed by atoms with Gasteiger partial charge in [-0.1, -0.05) is 0 Å². The molecule has 1 unspecified atom stereocenters. The van der Waals surface area contributed by atoms with Crippen LogP contribution in [0.15, 0.2) is 6.07 Å². The summed E-state index contributed by atoms with van der Waals surface area (Å²) in [6.07, 6.45) is 4.10. The number of ether oxygens (including phenoxy) is 1. The highest BCUT2D eigenvalue weighted by molar-refractivity contribution is 5.72. The Morgan fingerprint density at radius 2 is 2.60 bits per heavy atom. The predicted molar refractivity (Wildman–Crippen MR) is 55.8 cm³/mol. The van der Waals surface area contributed by atoms with Gasteiger partial charge in [0.25, 0.3) is 0 Å². The van der Waals surface area contributed by atoms with E-state index in [0.717, 1.165) is 38.0 Å². The molecule has 0 aromatic carbocycles. The number of hydrogen-bond donors (Lipinski definition) is 0. The minimum atomic E-state index is 0.563. The van der Waals surface area contributed by atoms with E-state index >= 15 is 0 Å². The zero-order valence-corrected chi connectivity index (χ0v) is 8.98. The molecule has 82 valence electrons. The van der Waals surface area contributed by atoms with Crippen LogP contribution < -0.4 is 0 Å². The van der Waals surface area contributed by atoms with Crippen molar-refractivity contribution in [3.05, 3.63) is 17.5 Å². The Bertz CT molecular complexity index is 340. The van der Waals surface area contributed by atoms with E-state index in [1.54, 1.807) is 11.7 Å². The lowest BCUT2D eigenvalue weighted by molar-refractivity contribution is 0.0546. The summed E-state index contributed by atoms with van der Waals surface area (Å²) in [4.78, 5) is 10.6. The zero-order valence-electron chi connectivity index (χ0n) is 8.98. The molecular formula is C11H16N2O2. The molecule has 1 aliphatic heterocycles. The highest BCUT2D eigenvalue weighted by atomic mass is 16.5. The van der Waals surface area contributed by atoms with Crippen molar-refractivity contribution in [3.63, 3.8) is 0 Å². The maximum atomic E-state index is 10.6. The van der Waals surface area contributed by atoms with E-state index < -0.39 is 0 Å². The van der Waals surface area contributed by atoms with Crippen LogP contribution in [-0.4, -0.2) is 29.3 Å². The van der Waals surface area contributed by atoms with Gasteiger partial charge in [-0.05, 0) is 31.2 Å². The molecular weight excluding hydrogens is 192 g/mol. The van der Waals surface area contributed by atoms with Crippen molar-refractivity contribution < 1.29 is 9.53 Å². The van der Waals surface area contributed by atoms with Crippen LogP contribution in [0.3, 0.4) is 0 Å². The van der Waals surface area contributed by atoms with Gasteiger partial charge in [0, 0.05) is 20.3 Å². The fourth-order valence-electron chi connectivity index (χ4n) is 2.02. The third-order valence-corrected chi connectivity index (χ3v) is 2.84. The average Bonchev–Trinajstić information content (AvgIpc) is 2.60. The van der Waals surface area contributed by atoms with Crippen LogP contribution >= 0.6 is 0 Å². The Labute approximate surface area is 89.2 Å². The van der Waals surface area contributed by atoms with Gasteiger partial charge in [0.1, 0.15) is 5.69 Å². The Balaban J connectivity index is 2.00. The molecule has 1 aromatic heterocycles. The molecule has 0 radical (unpaired) electrons. The number of carbonyl (C=O) groups is 1. The van der Waals surface area contributed by atoms with E-state index in [0.29, 0.717) is 11.6 Å². The highest BCUT2D eigenvalue weighted by Crippen LogP contribution is 2.18. The number of hydrogen-bond acceptors (Lipinski definition) is 3. The van der Waals surface area contributed by atoms with Crippen molar-refractivity contribution in [2.45, 2.75) is 19.3 Å². The van der Waals surface area contributed by atoms with Gasteiger partial charge in [-0.15, -0.1) is 0 Å². The Morgan fingerprint density at radius 3 is 3.20 bits per heavy atom. The molecule has 0 bridgehead atoms. The normalized spacial score (nSPS) is 21.5. The summed E-state index contributed by atoms with van der Waals surface area (Å²) in [7, 11) is 1.80. The first kappa shape index (κ1) is 10.4. The van der Waals surface area contributed by atoms with Crippen LogP contribution in [0.1, 0.15) is 29.0 Å². The standard InChI is InChI=1S/C11H16N2O2/c1-13-11(7-14)6-10(12-13)5-9-3-2-4-15-8-9/h6-7,9H,2-5,8H2,1H3. The first-order valence-corrected chi connectivity index (χ1v) is 5.35. The molecule has 1 aliphatic rings.